The SMILES string of the molecule is CC(C)(C)OC(=O)NC(CO)Cc1ccc(C2=CCCC=C2)cc1. The van der Waals surface area contributed by atoms with E-state index < -0.39 is 11.7 Å². The summed E-state index contributed by atoms with van der Waals surface area (Å²) >= 11 is 0. The monoisotopic (exact) mass is 329 g/mol. The van der Waals surface area contributed by atoms with Gasteiger partial charge in [0.05, 0.1) is 12.6 Å². The van der Waals surface area contributed by atoms with Crippen LogP contribution < -0.4 is 5.32 Å². The molecule has 0 saturated carbocycles. The normalized spacial score (nSPS) is 15.6. The average molecular weight is 329 g/mol. The van der Waals surface area contributed by atoms with Gasteiger partial charge in [-0.2, -0.15) is 0 Å². The Labute approximate surface area is 144 Å². The molecule has 1 amide bonds. The van der Waals surface area contributed by atoms with Gasteiger partial charge in [0.15, 0.2) is 0 Å². The van der Waals surface area contributed by atoms with Crippen molar-refractivity contribution in [2.45, 2.75) is 51.7 Å². The molecular formula is C20H27NO3. The predicted molar refractivity (Wildman–Crippen MR) is 96.7 cm³/mol. The minimum atomic E-state index is -0.549. The zero-order chi connectivity index (χ0) is 17.6. The summed E-state index contributed by atoms with van der Waals surface area (Å²) in [4.78, 5) is 11.8. The number of benzene rings is 1. The fourth-order valence-electron chi connectivity index (χ4n) is 2.58. The topological polar surface area (TPSA) is 58.6 Å². The first-order chi connectivity index (χ1) is 11.4. The van der Waals surface area contributed by atoms with Crippen molar-refractivity contribution in [3.05, 3.63) is 53.6 Å². The molecule has 1 aromatic rings. The molecule has 1 aromatic carbocycles. The third kappa shape index (κ3) is 5.85. The summed E-state index contributed by atoms with van der Waals surface area (Å²) in [6, 6.07) is 7.88. The Morgan fingerprint density at radius 1 is 1.25 bits per heavy atom. The summed E-state index contributed by atoms with van der Waals surface area (Å²) in [5.41, 5.74) is 2.95. The van der Waals surface area contributed by atoms with Gasteiger partial charge in [0.25, 0.3) is 0 Å². The molecule has 1 unspecified atom stereocenters. The molecule has 4 heteroatoms. The number of ether oxygens (including phenoxy) is 1. The van der Waals surface area contributed by atoms with Crippen LogP contribution >= 0.6 is 0 Å². The summed E-state index contributed by atoms with van der Waals surface area (Å²) in [6.45, 7) is 5.31. The maximum atomic E-state index is 11.8. The molecule has 130 valence electrons. The zero-order valence-electron chi connectivity index (χ0n) is 14.7. The van der Waals surface area contributed by atoms with Gasteiger partial charge in [-0.15, -0.1) is 0 Å². The first kappa shape index (κ1) is 18.3. The van der Waals surface area contributed by atoms with E-state index in [-0.39, 0.29) is 12.6 Å². The predicted octanol–water partition coefficient (Wildman–Crippen LogP) is 3.85. The first-order valence-corrected chi connectivity index (χ1v) is 8.44. The molecule has 1 aliphatic carbocycles. The second kappa shape index (κ2) is 8.15. The molecule has 0 bridgehead atoms. The molecule has 0 aromatic heterocycles. The lowest BCUT2D eigenvalue weighted by Gasteiger charge is -2.23. The van der Waals surface area contributed by atoms with Crippen molar-refractivity contribution in [1.82, 2.24) is 5.32 Å². The molecule has 2 rings (SSSR count). The van der Waals surface area contributed by atoms with Gasteiger partial charge in [-0.25, -0.2) is 4.79 Å². The van der Waals surface area contributed by atoms with E-state index in [0.29, 0.717) is 6.42 Å². The Bertz CT molecular complexity index is 609. The molecule has 0 fully saturated rings. The van der Waals surface area contributed by atoms with Gasteiger partial charge in [0.1, 0.15) is 5.60 Å². The van der Waals surface area contributed by atoms with E-state index in [1.807, 2.05) is 32.9 Å². The number of carbonyl (C=O) groups excluding carboxylic acids is 1. The van der Waals surface area contributed by atoms with Crippen molar-refractivity contribution >= 4 is 11.7 Å². The number of rotatable bonds is 5. The fraction of sp³-hybridized carbons (Fsp3) is 0.450. The Morgan fingerprint density at radius 2 is 1.96 bits per heavy atom. The molecule has 4 nitrogen and oxygen atoms in total. The molecule has 2 N–H and O–H groups in total. The van der Waals surface area contributed by atoms with Gasteiger partial charge >= 0.3 is 6.09 Å². The quantitative estimate of drug-likeness (QED) is 0.862. The van der Waals surface area contributed by atoms with E-state index in [2.05, 4.69) is 35.7 Å². The van der Waals surface area contributed by atoms with E-state index in [0.717, 1.165) is 18.4 Å². The Balaban J connectivity index is 1.94. The van der Waals surface area contributed by atoms with Crippen LogP contribution in [-0.4, -0.2) is 29.4 Å². The molecule has 0 radical (unpaired) electrons. The number of carbonyl (C=O) groups is 1. The lowest BCUT2D eigenvalue weighted by molar-refractivity contribution is 0.0483. The lowest BCUT2D eigenvalue weighted by atomic mass is 9.97. The van der Waals surface area contributed by atoms with E-state index in [1.54, 1.807) is 0 Å². The highest BCUT2D eigenvalue weighted by Gasteiger charge is 2.19. The fourth-order valence-corrected chi connectivity index (χ4v) is 2.58. The summed E-state index contributed by atoms with van der Waals surface area (Å²) in [7, 11) is 0. The van der Waals surface area contributed by atoms with Crippen LogP contribution in [0.15, 0.2) is 42.5 Å². The van der Waals surface area contributed by atoms with Crippen molar-refractivity contribution in [3.8, 4) is 0 Å². The molecule has 0 heterocycles. The lowest BCUT2D eigenvalue weighted by Crippen LogP contribution is -2.42. The van der Waals surface area contributed by atoms with E-state index in [4.69, 9.17) is 4.74 Å². The van der Waals surface area contributed by atoms with E-state index in [9.17, 15) is 9.90 Å². The first-order valence-electron chi connectivity index (χ1n) is 8.44. The van der Waals surface area contributed by atoms with E-state index in [1.165, 1.54) is 11.1 Å². The number of aliphatic hydroxyl groups is 1. The van der Waals surface area contributed by atoms with Crippen LogP contribution in [0.5, 0.6) is 0 Å². The molecule has 1 aliphatic rings. The van der Waals surface area contributed by atoms with Crippen LogP contribution in [0.4, 0.5) is 4.79 Å². The highest BCUT2D eigenvalue weighted by Crippen LogP contribution is 2.21. The largest absolute Gasteiger partial charge is 0.444 e. The van der Waals surface area contributed by atoms with Crippen LogP contribution in [0.1, 0.15) is 44.7 Å². The van der Waals surface area contributed by atoms with Crippen LogP contribution in [0.3, 0.4) is 0 Å². The number of hydrogen-bond acceptors (Lipinski definition) is 3. The van der Waals surface area contributed by atoms with Gasteiger partial charge in [-0.1, -0.05) is 42.5 Å². The number of alkyl carbamates (subject to hydrolysis) is 1. The molecule has 24 heavy (non-hydrogen) atoms. The van der Waals surface area contributed by atoms with Crippen molar-refractivity contribution in [2.24, 2.45) is 0 Å². The molecule has 0 aliphatic heterocycles. The molecule has 1 atom stereocenters. The van der Waals surface area contributed by atoms with Crippen LogP contribution in [0.2, 0.25) is 0 Å². The Morgan fingerprint density at radius 3 is 2.50 bits per heavy atom. The van der Waals surface area contributed by atoms with Crippen molar-refractivity contribution in [2.75, 3.05) is 6.61 Å². The smallest absolute Gasteiger partial charge is 0.407 e. The highest BCUT2D eigenvalue weighted by molar-refractivity contribution is 5.74. The summed E-state index contributed by atoms with van der Waals surface area (Å²) in [5, 5.41) is 12.2. The van der Waals surface area contributed by atoms with Crippen molar-refractivity contribution in [1.29, 1.82) is 0 Å². The maximum Gasteiger partial charge on any atom is 0.407 e. The van der Waals surface area contributed by atoms with Crippen molar-refractivity contribution < 1.29 is 14.6 Å². The Kier molecular flexibility index (Phi) is 6.21. The average Bonchev–Trinajstić information content (AvgIpc) is 2.54. The zero-order valence-corrected chi connectivity index (χ0v) is 14.7. The second-order valence-electron chi connectivity index (χ2n) is 7.07. The summed E-state index contributed by atoms with van der Waals surface area (Å²) in [5.74, 6) is 0. The molecular weight excluding hydrogens is 302 g/mol. The van der Waals surface area contributed by atoms with Gasteiger partial charge in [0.2, 0.25) is 0 Å². The number of aliphatic hydroxyl groups excluding tert-OH is 1. The van der Waals surface area contributed by atoms with E-state index >= 15 is 0 Å². The third-order valence-electron chi connectivity index (χ3n) is 3.71. The second-order valence-corrected chi connectivity index (χ2v) is 7.07. The van der Waals surface area contributed by atoms with Crippen LogP contribution in [0, 0.1) is 0 Å². The van der Waals surface area contributed by atoms with Gasteiger partial charge in [-0.05, 0) is 56.7 Å². The minimum Gasteiger partial charge on any atom is -0.444 e. The van der Waals surface area contributed by atoms with Crippen LogP contribution in [-0.2, 0) is 11.2 Å². The molecule has 0 spiro atoms. The standard InChI is InChI=1S/C20H27NO3/c1-20(2,3)24-19(23)21-18(14-22)13-15-9-11-17(12-10-15)16-7-5-4-6-8-16/h5,7-12,18,22H,4,6,13-14H2,1-3H3,(H,21,23). The molecule has 0 saturated heterocycles. The minimum absolute atomic E-state index is 0.130. The number of nitrogens with one attached hydrogen (secondary N) is 1. The van der Waals surface area contributed by atoms with Gasteiger partial charge in [-0.3, -0.25) is 0 Å². The summed E-state index contributed by atoms with van der Waals surface area (Å²) in [6.07, 6.45) is 8.83. The third-order valence-corrected chi connectivity index (χ3v) is 3.71. The summed E-state index contributed by atoms with van der Waals surface area (Å²) < 4.78 is 5.23. The van der Waals surface area contributed by atoms with Gasteiger partial charge < -0.3 is 15.2 Å². The number of hydrogen-bond donors (Lipinski definition) is 2. The highest BCUT2D eigenvalue weighted by atomic mass is 16.6. The Hall–Kier alpha value is -2.07. The van der Waals surface area contributed by atoms with Gasteiger partial charge in [0, 0.05) is 0 Å². The van der Waals surface area contributed by atoms with Crippen LogP contribution in [0.25, 0.3) is 5.57 Å². The number of amides is 1. The maximum absolute atomic E-state index is 11.8. The number of allylic oxidation sites excluding steroid dienone is 4. The van der Waals surface area contributed by atoms with Crippen molar-refractivity contribution in [3.63, 3.8) is 0 Å².